The SMILES string of the molecule is CNS(=O)(=O)C1CC=C(c2c[nH]c3nccc(OCC4(C)CCNCC4)c23)C=C1C(F)(F)F. The Labute approximate surface area is 190 Å². The van der Waals surface area contributed by atoms with Gasteiger partial charge in [0.15, 0.2) is 0 Å². The molecule has 0 saturated carbocycles. The Balaban J connectivity index is 1.71. The first-order valence-corrected chi connectivity index (χ1v) is 12.3. The molecular formula is C22H27F3N4O3S. The van der Waals surface area contributed by atoms with Gasteiger partial charge in [-0.05, 0) is 57.1 Å². The van der Waals surface area contributed by atoms with Crippen molar-refractivity contribution in [2.24, 2.45) is 5.41 Å². The molecule has 3 N–H and O–H groups in total. The van der Waals surface area contributed by atoms with E-state index in [0.29, 0.717) is 29.0 Å². The van der Waals surface area contributed by atoms with Gasteiger partial charge in [0.2, 0.25) is 10.0 Å². The van der Waals surface area contributed by atoms with E-state index in [0.717, 1.165) is 39.1 Å². The molecule has 0 amide bonds. The monoisotopic (exact) mass is 484 g/mol. The van der Waals surface area contributed by atoms with Gasteiger partial charge in [0.05, 0.1) is 17.6 Å². The molecule has 0 spiro atoms. The van der Waals surface area contributed by atoms with Crippen LogP contribution in [0.25, 0.3) is 16.6 Å². The minimum absolute atomic E-state index is 0.000486. The molecule has 11 heteroatoms. The zero-order valence-electron chi connectivity index (χ0n) is 18.4. The second-order valence-electron chi connectivity index (χ2n) is 8.81. The molecule has 1 unspecified atom stereocenters. The third kappa shape index (κ3) is 4.80. The minimum atomic E-state index is -4.79. The Bertz CT molecular complexity index is 1200. The topological polar surface area (TPSA) is 96.1 Å². The highest BCUT2D eigenvalue weighted by Crippen LogP contribution is 2.41. The van der Waals surface area contributed by atoms with Crippen molar-refractivity contribution in [2.75, 3.05) is 26.7 Å². The van der Waals surface area contributed by atoms with Crippen LogP contribution in [0, 0.1) is 5.41 Å². The maximum absolute atomic E-state index is 13.8. The molecule has 0 aromatic carbocycles. The molecule has 33 heavy (non-hydrogen) atoms. The number of aromatic amines is 1. The molecule has 4 rings (SSSR count). The van der Waals surface area contributed by atoms with Crippen LogP contribution in [0.1, 0.15) is 31.7 Å². The molecule has 0 radical (unpaired) electrons. The van der Waals surface area contributed by atoms with E-state index in [-0.39, 0.29) is 17.4 Å². The fourth-order valence-corrected chi connectivity index (χ4v) is 5.54. The molecule has 1 aliphatic carbocycles. The lowest BCUT2D eigenvalue weighted by atomic mass is 9.82. The molecule has 7 nitrogen and oxygen atoms in total. The van der Waals surface area contributed by atoms with Crippen molar-refractivity contribution in [1.29, 1.82) is 0 Å². The summed E-state index contributed by atoms with van der Waals surface area (Å²) in [4.78, 5) is 7.28. The van der Waals surface area contributed by atoms with Gasteiger partial charge in [-0.2, -0.15) is 13.2 Å². The van der Waals surface area contributed by atoms with Gasteiger partial charge in [-0.15, -0.1) is 0 Å². The molecule has 2 aromatic heterocycles. The molecule has 180 valence electrons. The quantitative estimate of drug-likeness (QED) is 0.583. The Morgan fingerprint density at radius 3 is 2.70 bits per heavy atom. The number of halogens is 3. The van der Waals surface area contributed by atoms with Crippen LogP contribution in [-0.2, 0) is 10.0 Å². The average molecular weight is 485 g/mol. The van der Waals surface area contributed by atoms with Crippen molar-refractivity contribution in [2.45, 2.75) is 37.6 Å². The number of allylic oxidation sites excluding steroid dienone is 3. The van der Waals surface area contributed by atoms with Crippen molar-refractivity contribution >= 4 is 26.6 Å². The Morgan fingerprint density at radius 2 is 2.03 bits per heavy atom. The summed E-state index contributed by atoms with van der Waals surface area (Å²) in [6, 6.07) is 1.70. The molecule has 1 saturated heterocycles. The second kappa shape index (κ2) is 8.77. The highest BCUT2D eigenvalue weighted by atomic mass is 32.2. The summed E-state index contributed by atoms with van der Waals surface area (Å²) in [7, 11) is -3.05. The first-order valence-electron chi connectivity index (χ1n) is 10.8. The number of nitrogens with one attached hydrogen (secondary N) is 3. The van der Waals surface area contributed by atoms with Gasteiger partial charge in [0.1, 0.15) is 16.6 Å². The van der Waals surface area contributed by atoms with Gasteiger partial charge in [-0.3, -0.25) is 0 Å². The predicted molar refractivity (Wildman–Crippen MR) is 120 cm³/mol. The number of pyridine rings is 1. The number of aromatic nitrogens is 2. The second-order valence-corrected chi connectivity index (χ2v) is 10.9. The van der Waals surface area contributed by atoms with Crippen molar-refractivity contribution in [3.05, 3.63) is 41.7 Å². The summed E-state index contributed by atoms with van der Waals surface area (Å²) in [5, 5.41) is 2.20. The highest BCUT2D eigenvalue weighted by Gasteiger charge is 2.45. The number of piperidine rings is 1. The zero-order valence-corrected chi connectivity index (χ0v) is 19.2. The normalized spacial score (nSPS) is 21.5. The third-order valence-corrected chi connectivity index (χ3v) is 8.19. The maximum Gasteiger partial charge on any atom is 0.414 e. The van der Waals surface area contributed by atoms with E-state index >= 15 is 0 Å². The zero-order chi connectivity index (χ0) is 23.9. The summed E-state index contributed by atoms with van der Waals surface area (Å²) in [5.41, 5.74) is 0.162. The molecule has 1 atom stereocenters. The summed E-state index contributed by atoms with van der Waals surface area (Å²) in [6.07, 6.45) is 2.44. The van der Waals surface area contributed by atoms with E-state index in [4.69, 9.17) is 4.74 Å². The fraction of sp³-hybridized carbons (Fsp3) is 0.500. The first-order chi connectivity index (χ1) is 15.5. The van der Waals surface area contributed by atoms with Crippen LogP contribution in [0.5, 0.6) is 5.75 Å². The van der Waals surface area contributed by atoms with Crippen LogP contribution >= 0.6 is 0 Å². The average Bonchev–Trinajstić information content (AvgIpc) is 3.22. The molecule has 0 bridgehead atoms. The number of hydrogen-bond donors (Lipinski definition) is 3. The smallest absolute Gasteiger partial charge is 0.414 e. The number of sulfonamides is 1. The van der Waals surface area contributed by atoms with Crippen LogP contribution in [0.3, 0.4) is 0 Å². The van der Waals surface area contributed by atoms with E-state index in [9.17, 15) is 21.6 Å². The van der Waals surface area contributed by atoms with Crippen LogP contribution in [-0.4, -0.2) is 56.6 Å². The molecule has 1 aliphatic heterocycles. The van der Waals surface area contributed by atoms with Crippen LogP contribution < -0.4 is 14.8 Å². The maximum atomic E-state index is 13.8. The predicted octanol–water partition coefficient (Wildman–Crippen LogP) is 3.53. The van der Waals surface area contributed by atoms with Gasteiger partial charge >= 0.3 is 6.18 Å². The van der Waals surface area contributed by atoms with E-state index < -0.39 is 27.0 Å². The number of nitrogens with zero attached hydrogens (tertiary/aromatic N) is 1. The van der Waals surface area contributed by atoms with Crippen molar-refractivity contribution in [1.82, 2.24) is 20.0 Å². The number of hydrogen-bond acceptors (Lipinski definition) is 5. The number of alkyl halides is 3. The lowest BCUT2D eigenvalue weighted by molar-refractivity contribution is -0.0935. The number of ether oxygens (including phenoxy) is 1. The number of H-pyrrole nitrogens is 1. The lowest BCUT2D eigenvalue weighted by Gasteiger charge is -2.33. The first kappa shape index (κ1) is 23.8. The molecular weight excluding hydrogens is 457 g/mol. The van der Waals surface area contributed by atoms with E-state index in [2.05, 4.69) is 22.2 Å². The largest absolute Gasteiger partial charge is 0.492 e. The third-order valence-electron chi connectivity index (χ3n) is 6.43. The number of fused-ring (bicyclic) bond motifs is 1. The molecule has 2 aromatic rings. The minimum Gasteiger partial charge on any atom is -0.492 e. The summed E-state index contributed by atoms with van der Waals surface area (Å²) >= 11 is 0. The van der Waals surface area contributed by atoms with Crippen molar-refractivity contribution in [3.8, 4) is 5.75 Å². The van der Waals surface area contributed by atoms with Crippen LogP contribution in [0.2, 0.25) is 0 Å². The molecule has 1 fully saturated rings. The standard InChI is InChI=1S/C22H27F3N4O3S/c1-21(6-9-27-10-7-21)13-32-17-5-8-28-20-19(17)15(12-29-20)14-3-4-18(33(30,31)26-2)16(11-14)22(23,24)25/h3,5,8,11-12,18,26-27H,4,6-7,9-10,13H2,1-2H3,(H,28,29). The summed E-state index contributed by atoms with van der Waals surface area (Å²) in [5.74, 6) is 0.531. The van der Waals surface area contributed by atoms with Gasteiger partial charge in [0.25, 0.3) is 0 Å². The fourth-order valence-electron chi connectivity index (χ4n) is 4.37. The van der Waals surface area contributed by atoms with E-state index in [1.165, 1.54) is 6.08 Å². The molecule has 3 heterocycles. The lowest BCUT2D eigenvalue weighted by Crippen LogP contribution is -2.38. The van der Waals surface area contributed by atoms with Gasteiger partial charge in [0, 0.05) is 23.4 Å². The highest BCUT2D eigenvalue weighted by molar-refractivity contribution is 7.90. The molecule has 2 aliphatic rings. The summed E-state index contributed by atoms with van der Waals surface area (Å²) < 4.78 is 74.0. The van der Waals surface area contributed by atoms with E-state index in [1.807, 2.05) is 4.72 Å². The van der Waals surface area contributed by atoms with Crippen molar-refractivity contribution < 1.29 is 26.3 Å². The Hall–Kier alpha value is -2.37. The Kier molecular flexibility index (Phi) is 6.32. The van der Waals surface area contributed by atoms with Crippen LogP contribution in [0.4, 0.5) is 13.2 Å². The van der Waals surface area contributed by atoms with Gasteiger partial charge in [-0.25, -0.2) is 18.1 Å². The number of rotatable bonds is 6. The van der Waals surface area contributed by atoms with Crippen LogP contribution in [0.15, 0.2) is 36.2 Å². The van der Waals surface area contributed by atoms with E-state index in [1.54, 1.807) is 18.5 Å². The summed E-state index contributed by atoms with van der Waals surface area (Å²) in [6.45, 7) is 4.46. The van der Waals surface area contributed by atoms with Crippen molar-refractivity contribution in [3.63, 3.8) is 0 Å². The van der Waals surface area contributed by atoms with Gasteiger partial charge < -0.3 is 15.0 Å². The Morgan fingerprint density at radius 1 is 1.30 bits per heavy atom. The van der Waals surface area contributed by atoms with Gasteiger partial charge in [-0.1, -0.05) is 13.0 Å².